The van der Waals surface area contributed by atoms with Gasteiger partial charge in [-0.15, -0.1) is 34.9 Å². The number of rotatable bonds is 3. The van der Waals surface area contributed by atoms with E-state index in [4.69, 9.17) is 0 Å². The largest absolute Gasteiger partial charge is 0.381 e. The molecule has 1 radical (unpaired) electrons. The van der Waals surface area contributed by atoms with Gasteiger partial charge >= 0.3 is 6.18 Å². The second-order valence-corrected chi connectivity index (χ2v) is 6.26. The molecule has 4 aromatic rings. The van der Waals surface area contributed by atoms with Gasteiger partial charge in [-0.1, -0.05) is 18.2 Å². The molecule has 0 N–H and O–H groups in total. The Bertz CT molecular complexity index is 1200. The first kappa shape index (κ1) is 22.7. The summed E-state index contributed by atoms with van der Waals surface area (Å²) in [5.74, 6) is -3.96. The minimum Gasteiger partial charge on any atom is -0.316 e. The van der Waals surface area contributed by atoms with Crippen LogP contribution in [0.25, 0.3) is 28.5 Å². The van der Waals surface area contributed by atoms with Gasteiger partial charge in [-0.3, -0.25) is 0 Å². The SMILES string of the molecule is Fc1cc(F)c(F)c(-c2nnc(-c3[c-]cc(C(F)(F)F)cc3)n2-c2ccccc2)c1.[Ir]. The average molecular weight is 611 g/mol. The van der Waals surface area contributed by atoms with Gasteiger partial charge in [-0.25, -0.2) is 13.2 Å². The van der Waals surface area contributed by atoms with Crippen molar-refractivity contribution in [2.24, 2.45) is 0 Å². The van der Waals surface area contributed by atoms with Crippen LogP contribution in [0.3, 0.4) is 0 Å². The molecule has 0 spiro atoms. The zero-order valence-corrected chi connectivity index (χ0v) is 17.6. The van der Waals surface area contributed by atoms with Crippen molar-refractivity contribution in [2.45, 2.75) is 6.18 Å². The Morgan fingerprint density at radius 3 is 2.13 bits per heavy atom. The number of hydrogen-bond donors (Lipinski definition) is 0. The van der Waals surface area contributed by atoms with Crippen molar-refractivity contribution in [1.82, 2.24) is 14.8 Å². The van der Waals surface area contributed by atoms with Crippen LogP contribution >= 0.6 is 0 Å². The molecule has 0 atom stereocenters. The number of halogens is 6. The fourth-order valence-corrected chi connectivity index (χ4v) is 2.91. The van der Waals surface area contributed by atoms with Crippen LogP contribution in [0.15, 0.2) is 60.7 Å². The van der Waals surface area contributed by atoms with Crippen molar-refractivity contribution >= 4 is 0 Å². The number of para-hydroxylation sites is 1. The van der Waals surface area contributed by atoms with Gasteiger partial charge in [0.15, 0.2) is 17.5 Å². The Kier molecular flexibility index (Phi) is 6.33. The Balaban J connectivity index is 0.00000272. The van der Waals surface area contributed by atoms with Gasteiger partial charge in [0.05, 0.1) is 11.4 Å². The molecule has 0 bridgehead atoms. The minimum absolute atomic E-state index is 0. The standard InChI is InChI=1S/C21H10F6N3.Ir/c22-14-10-16(18(24)17(23)11-14)20-29-28-19(30(20)15-4-2-1-3-5-15)12-6-8-13(9-7-12)21(25,26)27;/h1-6,8-11H;/q-1;. The quantitative estimate of drug-likeness (QED) is 0.166. The summed E-state index contributed by atoms with van der Waals surface area (Å²) in [4.78, 5) is 0. The minimum atomic E-state index is -4.55. The number of alkyl halides is 3. The number of hydrogen-bond acceptors (Lipinski definition) is 2. The van der Waals surface area contributed by atoms with E-state index in [-0.39, 0.29) is 37.3 Å². The molecule has 0 aliphatic heterocycles. The molecule has 10 heteroatoms. The summed E-state index contributed by atoms with van der Waals surface area (Å²) in [5.41, 5.74) is -0.856. The van der Waals surface area contributed by atoms with Crippen LogP contribution in [-0.2, 0) is 26.3 Å². The molecule has 3 nitrogen and oxygen atoms in total. The molecule has 0 unspecified atom stereocenters. The first-order valence-corrected chi connectivity index (χ1v) is 8.51. The van der Waals surface area contributed by atoms with E-state index in [9.17, 15) is 26.3 Å². The fraction of sp³-hybridized carbons (Fsp3) is 0.0476. The zero-order valence-electron chi connectivity index (χ0n) is 15.2. The predicted octanol–water partition coefficient (Wildman–Crippen LogP) is 5.84. The summed E-state index contributed by atoms with van der Waals surface area (Å²) in [6.07, 6.45) is -4.55. The number of nitrogens with zero attached hydrogens (tertiary/aromatic N) is 3. The normalized spacial score (nSPS) is 11.3. The van der Waals surface area contributed by atoms with E-state index in [1.807, 2.05) is 0 Å². The van der Waals surface area contributed by atoms with Gasteiger partial charge in [0.1, 0.15) is 5.82 Å². The van der Waals surface area contributed by atoms with Gasteiger partial charge in [-0.05, 0) is 23.8 Å². The summed E-state index contributed by atoms with van der Waals surface area (Å²) in [6.45, 7) is 0. The first-order chi connectivity index (χ1) is 14.3. The maximum Gasteiger partial charge on any atom is 0.381 e. The summed E-state index contributed by atoms with van der Waals surface area (Å²) in [7, 11) is 0. The average Bonchev–Trinajstić information content (AvgIpc) is 3.15. The smallest absolute Gasteiger partial charge is 0.316 e. The van der Waals surface area contributed by atoms with Crippen LogP contribution < -0.4 is 0 Å². The molecule has 0 aliphatic rings. The third-order valence-electron chi connectivity index (χ3n) is 4.29. The molecule has 31 heavy (non-hydrogen) atoms. The summed E-state index contributed by atoms with van der Waals surface area (Å²) >= 11 is 0. The molecular weight excluding hydrogens is 600 g/mol. The molecule has 0 saturated carbocycles. The predicted molar refractivity (Wildman–Crippen MR) is 95.9 cm³/mol. The molecule has 161 valence electrons. The van der Waals surface area contributed by atoms with Gasteiger partial charge in [-0.2, -0.15) is 18.3 Å². The second kappa shape index (κ2) is 8.64. The molecule has 1 aromatic heterocycles. The molecule has 0 amide bonds. The third kappa shape index (κ3) is 4.40. The van der Waals surface area contributed by atoms with E-state index in [1.54, 1.807) is 30.3 Å². The van der Waals surface area contributed by atoms with Crippen molar-refractivity contribution in [3.05, 3.63) is 89.7 Å². The number of benzene rings is 3. The van der Waals surface area contributed by atoms with Crippen LogP contribution in [0, 0.1) is 23.5 Å². The van der Waals surface area contributed by atoms with Crippen molar-refractivity contribution in [2.75, 3.05) is 0 Å². The Morgan fingerprint density at radius 1 is 0.839 bits per heavy atom. The van der Waals surface area contributed by atoms with E-state index in [1.165, 1.54) is 4.57 Å². The molecular formula is C21H10F6IrN3-. The van der Waals surface area contributed by atoms with Crippen LogP contribution in [-0.4, -0.2) is 14.8 Å². The molecule has 0 saturated heterocycles. The fourth-order valence-electron chi connectivity index (χ4n) is 2.91. The maximum absolute atomic E-state index is 14.4. The van der Waals surface area contributed by atoms with Crippen LogP contribution in [0.5, 0.6) is 0 Å². The van der Waals surface area contributed by atoms with Crippen LogP contribution in [0.1, 0.15) is 5.56 Å². The zero-order chi connectivity index (χ0) is 21.5. The summed E-state index contributed by atoms with van der Waals surface area (Å²) in [5, 5.41) is 7.77. The van der Waals surface area contributed by atoms with E-state index in [0.717, 1.165) is 24.3 Å². The van der Waals surface area contributed by atoms with Crippen molar-refractivity contribution in [3.8, 4) is 28.5 Å². The van der Waals surface area contributed by atoms with E-state index >= 15 is 0 Å². The number of aromatic nitrogens is 3. The summed E-state index contributed by atoms with van der Waals surface area (Å²) < 4.78 is 81.7. The maximum atomic E-state index is 14.4. The van der Waals surface area contributed by atoms with Crippen LogP contribution in [0.4, 0.5) is 26.3 Å². The topological polar surface area (TPSA) is 30.7 Å². The van der Waals surface area contributed by atoms with Crippen molar-refractivity contribution in [3.63, 3.8) is 0 Å². The molecule has 4 rings (SSSR count). The third-order valence-corrected chi connectivity index (χ3v) is 4.29. The van der Waals surface area contributed by atoms with Crippen molar-refractivity contribution in [1.29, 1.82) is 0 Å². The van der Waals surface area contributed by atoms with Crippen LogP contribution in [0.2, 0.25) is 0 Å². The molecule has 0 aliphatic carbocycles. The van der Waals surface area contributed by atoms with E-state index in [0.29, 0.717) is 11.8 Å². The van der Waals surface area contributed by atoms with E-state index < -0.39 is 34.8 Å². The molecule has 3 aromatic carbocycles. The first-order valence-electron chi connectivity index (χ1n) is 8.51. The summed E-state index contributed by atoms with van der Waals surface area (Å²) in [6, 6.07) is 14.6. The van der Waals surface area contributed by atoms with E-state index in [2.05, 4.69) is 16.3 Å². The second-order valence-electron chi connectivity index (χ2n) is 6.26. The van der Waals surface area contributed by atoms with Gasteiger partial charge in [0.25, 0.3) is 0 Å². The van der Waals surface area contributed by atoms with Gasteiger partial charge in [0, 0.05) is 31.9 Å². The Hall–Kier alpha value is -2.97. The Morgan fingerprint density at radius 2 is 1.52 bits per heavy atom. The van der Waals surface area contributed by atoms with Gasteiger partial charge in [0.2, 0.25) is 0 Å². The molecule has 1 heterocycles. The Labute approximate surface area is 185 Å². The van der Waals surface area contributed by atoms with Crippen molar-refractivity contribution < 1.29 is 46.4 Å². The molecule has 0 fully saturated rings. The monoisotopic (exact) mass is 611 g/mol. The van der Waals surface area contributed by atoms with Gasteiger partial charge < -0.3 is 4.57 Å².